The number of carbonyl (C=O) groups is 1. The van der Waals surface area contributed by atoms with Gasteiger partial charge in [0, 0.05) is 18.1 Å². The topological polar surface area (TPSA) is 40.5 Å². The number of rotatable bonds is 3. The van der Waals surface area contributed by atoms with Crippen LogP contribution in [-0.2, 0) is 11.3 Å². The van der Waals surface area contributed by atoms with Gasteiger partial charge in [0.1, 0.15) is 5.82 Å². The zero-order valence-corrected chi connectivity index (χ0v) is 10.7. The lowest BCUT2D eigenvalue weighted by Crippen LogP contribution is -2.38. The molecule has 18 heavy (non-hydrogen) atoms. The van der Waals surface area contributed by atoms with Crippen LogP contribution in [0.3, 0.4) is 0 Å². The molecule has 1 heterocycles. The maximum atomic E-state index is 12.9. The molecule has 1 fully saturated rings. The molecule has 0 amide bonds. The van der Waals surface area contributed by atoms with E-state index in [1.54, 1.807) is 6.07 Å². The van der Waals surface area contributed by atoms with Crippen molar-refractivity contribution in [3.8, 4) is 0 Å². The summed E-state index contributed by atoms with van der Waals surface area (Å²) in [4.78, 5) is 13.0. The maximum Gasteiger partial charge on any atom is 0.307 e. The minimum absolute atomic E-state index is 0.307. The first-order valence-electron chi connectivity index (χ1n) is 5.95. The van der Waals surface area contributed by atoms with Crippen molar-refractivity contribution in [2.24, 2.45) is 5.92 Å². The Labute approximate surface area is 110 Å². The Morgan fingerprint density at radius 1 is 1.56 bits per heavy atom. The van der Waals surface area contributed by atoms with Crippen molar-refractivity contribution in [3.05, 3.63) is 34.6 Å². The van der Waals surface area contributed by atoms with E-state index in [1.165, 1.54) is 12.1 Å². The molecular formula is C13H15ClFNO2. The highest BCUT2D eigenvalue weighted by Gasteiger charge is 2.25. The fourth-order valence-electron chi connectivity index (χ4n) is 2.29. The van der Waals surface area contributed by atoms with Crippen molar-refractivity contribution in [1.29, 1.82) is 0 Å². The van der Waals surface area contributed by atoms with Crippen molar-refractivity contribution in [1.82, 2.24) is 4.90 Å². The largest absolute Gasteiger partial charge is 0.481 e. The SMILES string of the molecule is O=C(O)[C@@H]1CCCN(Cc2ccc(F)cc2Cl)C1. The number of piperidine rings is 1. The molecule has 0 aromatic heterocycles. The Bertz CT molecular complexity index is 453. The molecule has 5 heteroatoms. The van der Waals surface area contributed by atoms with E-state index in [4.69, 9.17) is 16.7 Å². The van der Waals surface area contributed by atoms with Gasteiger partial charge in [0.25, 0.3) is 0 Å². The van der Waals surface area contributed by atoms with Gasteiger partial charge < -0.3 is 5.11 Å². The van der Waals surface area contributed by atoms with Gasteiger partial charge in [-0.25, -0.2) is 4.39 Å². The number of likely N-dealkylation sites (tertiary alicyclic amines) is 1. The number of nitrogens with zero attached hydrogens (tertiary/aromatic N) is 1. The molecule has 1 atom stereocenters. The molecule has 2 rings (SSSR count). The maximum absolute atomic E-state index is 12.9. The second-order valence-electron chi connectivity index (χ2n) is 4.65. The number of aliphatic carboxylic acids is 1. The predicted octanol–water partition coefficient (Wildman–Crippen LogP) is 2.78. The standard InChI is InChI=1S/C13H15ClFNO2/c14-12-6-11(15)4-3-9(12)7-16-5-1-2-10(8-16)13(17)18/h3-4,6,10H,1-2,5,7-8H2,(H,17,18)/t10-/m1/s1. The number of halogens is 2. The lowest BCUT2D eigenvalue weighted by atomic mass is 9.98. The number of benzene rings is 1. The third-order valence-corrected chi connectivity index (χ3v) is 3.62. The van der Waals surface area contributed by atoms with Crippen LogP contribution in [0.1, 0.15) is 18.4 Å². The zero-order valence-electron chi connectivity index (χ0n) is 9.90. The minimum Gasteiger partial charge on any atom is -0.481 e. The van der Waals surface area contributed by atoms with Crippen LogP contribution in [0.25, 0.3) is 0 Å². The molecular weight excluding hydrogens is 257 g/mol. The number of hydrogen-bond donors (Lipinski definition) is 1. The summed E-state index contributed by atoms with van der Waals surface area (Å²) in [5.41, 5.74) is 0.837. The quantitative estimate of drug-likeness (QED) is 0.919. The van der Waals surface area contributed by atoms with Gasteiger partial charge >= 0.3 is 5.97 Å². The average Bonchev–Trinajstić information content (AvgIpc) is 2.33. The Balaban J connectivity index is 2.02. The summed E-state index contributed by atoms with van der Waals surface area (Å²) < 4.78 is 12.9. The van der Waals surface area contributed by atoms with Gasteiger partial charge in [-0.2, -0.15) is 0 Å². The second kappa shape index (κ2) is 5.67. The fraction of sp³-hybridized carbons (Fsp3) is 0.462. The van der Waals surface area contributed by atoms with Gasteiger partial charge in [-0.3, -0.25) is 9.69 Å². The first-order chi connectivity index (χ1) is 8.56. The molecule has 1 aromatic rings. The highest BCUT2D eigenvalue weighted by molar-refractivity contribution is 6.31. The second-order valence-corrected chi connectivity index (χ2v) is 5.06. The molecule has 1 aromatic carbocycles. The smallest absolute Gasteiger partial charge is 0.307 e. The van der Waals surface area contributed by atoms with Gasteiger partial charge in [0.15, 0.2) is 0 Å². The van der Waals surface area contributed by atoms with E-state index in [0.717, 1.165) is 24.9 Å². The summed E-state index contributed by atoms with van der Waals surface area (Å²) in [6, 6.07) is 4.32. The van der Waals surface area contributed by atoms with E-state index in [2.05, 4.69) is 4.90 Å². The first kappa shape index (κ1) is 13.3. The van der Waals surface area contributed by atoms with Gasteiger partial charge in [-0.05, 0) is 37.1 Å². The highest BCUT2D eigenvalue weighted by Crippen LogP contribution is 2.23. The molecule has 1 N–H and O–H groups in total. The number of carboxylic acid groups (broad SMARTS) is 1. The van der Waals surface area contributed by atoms with E-state index >= 15 is 0 Å². The third-order valence-electron chi connectivity index (χ3n) is 3.26. The molecule has 3 nitrogen and oxygen atoms in total. The van der Waals surface area contributed by atoms with Crippen LogP contribution in [-0.4, -0.2) is 29.1 Å². The molecule has 1 aliphatic heterocycles. The van der Waals surface area contributed by atoms with Crippen molar-refractivity contribution >= 4 is 17.6 Å². The first-order valence-corrected chi connectivity index (χ1v) is 6.33. The molecule has 98 valence electrons. The summed E-state index contributed by atoms with van der Waals surface area (Å²) in [5, 5.41) is 9.41. The summed E-state index contributed by atoms with van der Waals surface area (Å²) in [7, 11) is 0. The predicted molar refractivity (Wildman–Crippen MR) is 67.0 cm³/mol. The molecule has 0 unspecified atom stereocenters. The summed E-state index contributed by atoms with van der Waals surface area (Å²) >= 11 is 5.96. The molecule has 1 aliphatic rings. The Kier molecular flexibility index (Phi) is 4.19. The van der Waals surface area contributed by atoms with Crippen LogP contribution in [0.5, 0.6) is 0 Å². The molecule has 0 bridgehead atoms. The Morgan fingerprint density at radius 2 is 2.33 bits per heavy atom. The van der Waals surface area contributed by atoms with E-state index in [1.807, 2.05) is 0 Å². The van der Waals surface area contributed by atoms with Crippen LogP contribution < -0.4 is 0 Å². The van der Waals surface area contributed by atoms with Crippen molar-refractivity contribution in [3.63, 3.8) is 0 Å². The zero-order chi connectivity index (χ0) is 13.1. The summed E-state index contributed by atoms with van der Waals surface area (Å²) in [6.07, 6.45) is 1.60. The Morgan fingerprint density at radius 3 is 3.00 bits per heavy atom. The molecule has 0 radical (unpaired) electrons. The van der Waals surface area contributed by atoms with Crippen LogP contribution in [0.2, 0.25) is 5.02 Å². The normalized spacial score (nSPS) is 20.9. The third kappa shape index (κ3) is 3.21. The van der Waals surface area contributed by atoms with Gasteiger partial charge in [0.2, 0.25) is 0 Å². The molecule has 0 saturated carbocycles. The van der Waals surface area contributed by atoms with Gasteiger partial charge in [-0.15, -0.1) is 0 Å². The Hall–Kier alpha value is -1.13. The van der Waals surface area contributed by atoms with E-state index in [-0.39, 0.29) is 11.7 Å². The van der Waals surface area contributed by atoms with Crippen LogP contribution in [0.15, 0.2) is 18.2 Å². The van der Waals surface area contributed by atoms with E-state index in [0.29, 0.717) is 18.1 Å². The minimum atomic E-state index is -0.745. The summed E-state index contributed by atoms with van der Waals surface area (Å²) in [6.45, 7) is 1.96. The summed E-state index contributed by atoms with van der Waals surface area (Å²) in [5.74, 6) is -1.41. The van der Waals surface area contributed by atoms with Crippen molar-refractivity contribution in [2.45, 2.75) is 19.4 Å². The molecule has 0 aliphatic carbocycles. The molecule has 1 saturated heterocycles. The van der Waals surface area contributed by atoms with Crippen molar-refractivity contribution < 1.29 is 14.3 Å². The van der Waals surface area contributed by atoms with E-state index in [9.17, 15) is 9.18 Å². The number of hydrogen-bond acceptors (Lipinski definition) is 2. The van der Waals surface area contributed by atoms with Crippen molar-refractivity contribution in [2.75, 3.05) is 13.1 Å². The lowest BCUT2D eigenvalue weighted by Gasteiger charge is -2.30. The van der Waals surface area contributed by atoms with Gasteiger partial charge in [-0.1, -0.05) is 17.7 Å². The molecule has 0 spiro atoms. The monoisotopic (exact) mass is 271 g/mol. The van der Waals surface area contributed by atoms with Crippen LogP contribution in [0, 0.1) is 11.7 Å². The van der Waals surface area contributed by atoms with Crippen LogP contribution in [0.4, 0.5) is 4.39 Å². The average molecular weight is 272 g/mol. The fourth-order valence-corrected chi connectivity index (χ4v) is 2.52. The van der Waals surface area contributed by atoms with E-state index < -0.39 is 5.97 Å². The van der Waals surface area contributed by atoms with Crippen LogP contribution >= 0.6 is 11.6 Å². The number of carboxylic acids is 1. The lowest BCUT2D eigenvalue weighted by molar-refractivity contribution is -0.143. The highest BCUT2D eigenvalue weighted by atomic mass is 35.5. The van der Waals surface area contributed by atoms with Gasteiger partial charge in [0.05, 0.1) is 5.92 Å².